The van der Waals surface area contributed by atoms with E-state index in [0.717, 1.165) is 64.7 Å². The van der Waals surface area contributed by atoms with Gasteiger partial charge in [-0.15, -0.1) is 12.4 Å². The molecule has 4 nitrogen and oxygen atoms in total. The molecule has 2 fully saturated rings. The minimum Gasteiger partial charge on any atom is -0.342 e. The number of carbonyl (C=O) groups excluding carboxylic acids is 2. The number of benzene rings is 1. The minimum atomic E-state index is -0.308. The molecule has 0 N–H and O–H groups in total. The Bertz CT molecular complexity index is 573. The fraction of sp³-hybridized carbons (Fsp3) is 0.579. The van der Waals surface area contributed by atoms with Gasteiger partial charge in [-0.05, 0) is 69.5 Å². The summed E-state index contributed by atoms with van der Waals surface area (Å²) in [6, 6.07) is 6.25. The fourth-order valence-electron chi connectivity index (χ4n) is 3.91. The van der Waals surface area contributed by atoms with Gasteiger partial charge >= 0.3 is 0 Å². The van der Waals surface area contributed by atoms with E-state index >= 15 is 0 Å². The Morgan fingerprint density at radius 2 is 1.80 bits per heavy atom. The molecule has 0 radical (unpaired) electrons. The van der Waals surface area contributed by atoms with Gasteiger partial charge in [0.2, 0.25) is 6.41 Å². The molecule has 0 spiro atoms. The lowest BCUT2D eigenvalue weighted by atomic mass is 9.89. The number of piperidine rings is 1. The first kappa shape index (κ1) is 19.9. The molecule has 138 valence electrons. The molecular formula is C19H26ClFN2O2. The Hall–Kier alpha value is -1.46. The van der Waals surface area contributed by atoms with Crippen molar-refractivity contribution in [3.05, 3.63) is 35.6 Å². The number of ketones is 1. The number of rotatable bonds is 6. The first-order chi connectivity index (χ1) is 11.7. The molecule has 0 bridgehead atoms. The second-order valence-corrected chi connectivity index (χ2v) is 6.92. The predicted octanol–water partition coefficient (Wildman–Crippen LogP) is 3.15. The Morgan fingerprint density at radius 1 is 1.12 bits per heavy atom. The van der Waals surface area contributed by atoms with Crippen molar-refractivity contribution < 1.29 is 14.0 Å². The zero-order chi connectivity index (χ0) is 16.9. The van der Waals surface area contributed by atoms with Crippen molar-refractivity contribution in [2.45, 2.75) is 38.1 Å². The molecule has 2 aliphatic rings. The van der Waals surface area contributed by atoms with E-state index in [0.29, 0.717) is 11.6 Å². The van der Waals surface area contributed by atoms with E-state index in [1.807, 2.05) is 4.90 Å². The summed E-state index contributed by atoms with van der Waals surface area (Å²) < 4.78 is 13.0. The lowest BCUT2D eigenvalue weighted by Gasteiger charge is -2.32. The molecule has 25 heavy (non-hydrogen) atoms. The van der Waals surface area contributed by atoms with Crippen LogP contribution in [0.3, 0.4) is 0 Å². The first-order valence-corrected chi connectivity index (χ1v) is 8.90. The Labute approximate surface area is 154 Å². The van der Waals surface area contributed by atoms with Crippen LogP contribution in [0, 0.1) is 11.7 Å². The van der Waals surface area contributed by atoms with E-state index in [1.165, 1.54) is 12.1 Å². The Kier molecular flexibility index (Phi) is 7.38. The molecule has 0 aliphatic carbocycles. The molecule has 2 saturated heterocycles. The number of hydrogen-bond donors (Lipinski definition) is 0. The summed E-state index contributed by atoms with van der Waals surface area (Å²) >= 11 is 0. The number of halogens is 2. The van der Waals surface area contributed by atoms with Crippen LogP contribution in [0.1, 0.15) is 42.5 Å². The highest BCUT2D eigenvalue weighted by atomic mass is 35.5. The summed E-state index contributed by atoms with van der Waals surface area (Å²) in [5.41, 5.74) is 0.613. The van der Waals surface area contributed by atoms with Gasteiger partial charge in [0.15, 0.2) is 5.78 Å². The standard InChI is InChI=1S/C19H25FN2O2.ClH/c20-17-5-3-15(4-6-17)19(24)16-7-11-21(12-8-16)13-9-18-2-1-10-22(18)14-23;/h3-6,14,16,18H,1-2,7-13H2;1H. The Morgan fingerprint density at radius 3 is 2.44 bits per heavy atom. The third-order valence-corrected chi connectivity index (χ3v) is 5.42. The molecule has 1 unspecified atom stereocenters. The molecule has 0 saturated carbocycles. The molecule has 2 aliphatic heterocycles. The molecule has 6 heteroatoms. The van der Waals surface area contributed by atoms with Crippen LogP contribution in [0.2, 0.25) is 0 Å². The highest BCUT2D eigenvalue weighted by molar-refractivity contribution is 5.97. The second-order valence-electron chi connectivity index (χ2n) is 6.92. The summed E-state index contributed by atoms with van der Waals surface area (Å²) in [6.45, 7) is 3.73. The summed E-state index contributed by atoms with van der Waals surface area (Å²) in [5.74, 6) is -0.125. The lowest BCUT2D eigenvalue weighted by molar-refractivity contribution is -0.119. The quantitative estimate of drug-likeness (QED) is 0.572. The predicted molar refractivity (Wildman–Crippen MR) is 97.6 cm³/mol. The van der Waals surface area contributed by atoms with Gasteiger partial charge < -0.3 is 9.80 Å². The average Bonchev–Trinajstić information content (AvgIpc) is 3.08. The molecule has 2 heterocycles. The average molecular weight is 369 g/mol. The number of likely N-dealkylation sites (tertiary alicyclic amines) is 2. The van der Waals surface area contributed by atoms with Crippen molar-refractivity contribution in [1.82, 2.24) is 9.80 Å². The monoisotopic (exact) mass is 368 g/mol. The van der Waals surface area contributed by atoms with Crippen LogP contribution < -0.4 is 0 Å². The SMILES string of the molecule is Cl.O=CN1CCCC1CCN1CCC(C(=O)c2ccc(F)cc2)CC1. The zero-order valence-corrected chi connectivity index (χ0v) is 15.2. The molecular weight excluding hydrogens is 343 g/mol. The maximum Gasteiger partial charge on any atom is 0.209 e. The maximum absolute atomic E-state index is 13.0. The van der Waals surface area contributed by atoms with Gasteiger partial charge in [-0.1, -0.05) is 0 Å². The largest absolute Gasteiger partial charge is 0.342 e. The van der Waals surface area contributed by atoms with Crippen molar-refractivity contribution in [3.63, 3.8) is 0 Å². The maximum atomic E-state index is 13.0. The van der Waals surface area contributed by atoms with Crippen molar-refractivity contribution in [1.29, 1.82) is 0 Å². The zero-order valence-electron chi connectivity index (χ0n) is 14.4. The fourth-order valence-corrected chi connectivity index (χ4v) is 3.91. The van der Waals surface area contributed by atoms with Crippen LogP contribution in [0.25, 0.3) is 0 Å². The van der Waals surface area contributed by atoms with E-state index in [9.17, 15) is 14.0 Å². The van der Waals surface area contributed by atoms with Crippen molar-refractivity contribution in [3.8, 4) is 0 Å². The van der Waals surface area contributed by atoms with Crippen molar-refractivity contribution >= 4 is 24.6 Å². The number of carbonyl (C=O) groups is 2. The van der Waals surface area contributed by atoms with Crippen LogP contribution in [0.4, 0.5) is 4.39 Å². The van der Waals surface area contributed by atoms with E-state index < -0.39 is 0 Å². The molecule has 3 rings (SSSR count). The van der Waals surface area contributed by atoms with Gasteiger partial charge in [-0.3, -0.25) is 9.59 Å². The molecule has 1 amide bonds. The molecule has 1 aromatic carbocycles. The third-order valence-electron chi connectivity index (χ3n) is 5.42. The molecule has 1 atom stereocenters. The van der Waals surface area contributed by atoms with E-state index in [2.05, 4.69) is 4.90 Å². The smallest absolute Gasteiger partial charge is 0.209 e. The van der Waals surface area contributed by atoms with Crippen molar-refractivity contribution in [2.24, 2.45) is 5.92 Å². The minimum absolute atomic E-state index is 0. The highest BCUT2D eigenvalue weighted by Gasteiger charge is 2.27. The van der Waals surface area contributed by atoms with Gasteiger partial charge in [-0.2, -0.15) is 0 Å². The lowest BCUT2D eigenvalue weighted by Crippen LogP contribution is -2.39. The third kappa shape index (κ3) is 5.02. The van der Waals surface area contributed by atoms with Gasteiger partial charge in [-0.25, -0.2) is 4.39 Å². The van der Waals surface area contributed by atoms with Crippen LogP contribution in [-0.2, 0) is 4.79 Å². The first-order valence-electron chi connectivity index (χ1n) is 8.90. The topological polar surface area (TPSA) is 40.6 Å². The Balaban J connectivity index is 0.00000225. The van der Waals surface area contributed by atoms with E-state index in [-0.39, 0.29) is 29.9 Å². The summed E-state index contributed by atoms with van der Waals surface area (Å²) in [5, 5.41) is 0. The molecule has 0 aromatic heterocycles. The summed E-state index contributed by atoms with van der Waals surface area (Å²) in [7, 11) is 0. The number of hydrogen-bond acceptors (Lipinski definition) is 3. The normalized spacial score (nSPS) is 21.8. The van der Waals surface area contributed by atoms with Gasteiger partial charge in [0, 0.05) is 30.6 Å². The van der Waals surface area contributed by atoms with Crippen LogP contribution in [0.15, 0.2) is 24.3 Å². The number of amides is 1. The van der Waals surface area contributed by atoms with Crippen LogP contribution in [0.5, 0.6) is 0 Å². The van der Waals surface area contributed by atoms with Gasteiger partial charge in [0.25, 0.3) is 0 Å². The molecule has 1 aromatic rings. The number of nitrogens with zero attached hydrogens (tertiary/aromatic N) is 2. The van der Waals surface area contributed by atoms with Gasteiger partial charge in [0.05, 0.1) is 0 Å². The van der Waals surface area contributed by atoms with E-state index in [1.54, 1.807) is 12.1 Å². The second kappa shape index (κ2) is 9.30. The van der Waals surface area contributed by atoms with Crippen molar-refractivity contribution in [2.75, 3.05) is 26.2 Å². The van der Waals surface area contributed by atoms with Crippen LogP contribution in [-0.4, -0.2) is 54.2 Å². The summed E-state index contributed by atoms with van der Waals surface area (Å²) in [4.78, 5) is 27.8. The van der Waals surface area contributed by atoms with E-state index in [4.69, 9.17) is 0 Å². The highest BCUT2D eigenvalue weighted by Crippen LogP contribution is 2.24. The van der Waals surface area contributed by atoms with Gasteiger partial charge in [0.1, 0.15) is 5.82 Å². The number of Topliss-reactive ketones (excluding diaryl/α,β-unsaturated/α-hetero) is 1. The summed E-state index contributed by atoms with van der Waals surface area (Å²) in [6.07, 6.45) is 5.94. The van der Waals surface area contributed by atoms with Crippen LogP contribution >= 0.6 is 12.4 Å².